The molecule has 0 radical (unpaired) electrons. The Balaban J connectivity index is 1.97. The minimum atomic E-state index is -0.220. The van der Waals surface area contributed by atoms with Crippen LogP contribution in [0.2, 0.25) is 0 Å². The van der Waals surface area contributed by atoms with Crippen LogP contribution in [0.3, 0.4) is 0 Å². The van der Waals surface area contributed by atoms with Crippen molar-refractivity contribution in [3.8, 4) is 0 Å². The predicted octanol–water partition coefficient (Wildman–Crippen LogP) is 3.16. The molecule has 0 amide bonds. The highest BCUT2D eigenvalue weighted by molar-refractivity contribution is 5.91. The van der Waals surface area contributed by atoms with Gasteiger partial charge < -0.3 is 9.64 Å². The lowest BCUT2D eigenvalue weighted by molar-refractivity contribution is 0.186. The number of halogens is 1. The fourth-order valence-electron chi connectivity index (χ4n) is 2.84. The van der Waals surface area contributed by atoms with Crippen LogP contribution < -0.4 is 4.90 Å². The van der Waals surface area contributed by atoms with Gasteiger partial charge in [0.25, 0.3) is 0 Å². The lowest BCUT2D eigenvalue weighted by Gasteiger charge is -2.24. The summed E-state index contributed by atoms with van der Waals surface area (Å²) in [5.41, 5.74) is 2.84. The number of rotatable bonds is 3. The average Bonchev–Trinajstić information content (AvgIpc) is 2.91. The predicted molar refractivity (Wildman–Crippen MR) is 78.6 cm³/mol. The summed E-state index contributed by atoms with van der Waals surface area (Å²) in [6.45, 7) is 4.57. The number of anilines is 1. The Morgan fingerprint density at radius 2 is 2.25 bits per heavy atom. The molecule has 3 rings (SSSR count). The first kappa shape index (κ1) is 13.3. The Labute approximate surface area is 118 Å². The van der Waals surface area contributed by atoms with Crippen LogP contribution in [0.25, 0.3) is 10.9 Å². The summed E-state index contributed by atoms with van der Waals surface area (Å²) in [6.07, 6.45) is 1.10. The number of hydrogen-bond acceptors (Lipinski definition) is 3. The summed E-state index contributed by atoms with van der Waals surface area (Å²) in [4.78, 5) is 6.66. The van der Waals surface area contributed by atoms with Gasteiger partial charge in [-0.3, -0.25) is 4.98 Å². The van der Waals surface area contributed by atoms with Gasteiger partial charge in [-0.05, 0) is 37.6 Å². The van der Waals surface area contributed by atoms with Crippen molar-refractivity contribution in [2.75, 3.05) is 31.7 Å². The molecule has 20 heavy (non-hydrogen) atoms. The smallest absolute Gasteiger partial charge is 0.124 e. The molecule has 106 valence electrons. The molecule has 0 N–H and O–H groups in total. The molecule has 0 bridgehead atoms. The number of nitrogens with zero attached hydrogens (tertiary/aromatic N) is 2. The largest absolute Gasteiger partial charge is 0.381 e. The number of ether oxygens (including phenoxy) is 1. The first-order valence-corrected chi connectivity index (χ1v) is 6.99. The van der Waals surface area contributed by atoms with Crippen molar-refractivity contribution >= 4 is 16.6 Å². The fraction of sp³-hybridized carbons (Fsp3) is 0.438. The molecule has 0 aliphatic carbocycles. The Kier molecular flexibility index (Phi) is 3.57. The van der Waals surface area contributed by atoms with Gasteiger partial charge in [-0.25, -0.2) is 4.39 Å². The Hall–Kier alpha value is -1.68. The van der Waals surface area contributed by atoms with Gasteiger partial charge >= 0.3 is 0 Å². The average molecular weight is 274 g/mol. The second kappa shape index (κ2) is 5.37. The van der Waals surface area contributed by atoms with Crippen molar-refractivity contribution in [1.29, 1.82) is 0 Å². The van der Waals surface area contributed by atoms with Gasteiger partial charge in [0.1, 0.15) is 5.82 Å². The topological polar surface area (TPSA) is 25.4 Å². The quantitative estimate of drug-likeness (QED) is 0.859. The Morgan fingerprint density at radius 3 is 3.00 bits per heavy atom. The second-order valence-electron chi connectivity index (χ2n) is 5.55. The summed E-state index contributed by atoms with van der Waals surface area (Å²) in [5, 5.41) is 0.872. The maximum atomic E-state index is 13.5. The number of aryl methyl sites for hydroxylation is 1. The maximum Gasteiger partial charge on any atom is 0.124 e. The molecule has 1 aliphatic rings. The molecule has 3 nitrogen and oxygen atoms in total. The van der Waals surface area contributed by atoms with Crippen molar-refractivity contribution < 1.29 is 9.13 Å². The van der Waals surface area contributed by atoms with E-state index in [0.29, 0.717) is 5.92 Å². The zero-order valence-corrected chi connectivity index (χ0v) is 11.9. The highest BCUT2D eigenvalue weighted by atomic mass is 19.1. The molecule has 1 saturated heterocycles. The molecule has 1 fully saturated rings. The maximum absolute atomic E-state index is 13.5. The number of benzene rings is 1. The number of aromatic nitrogens is 1. The van der Waals surface area contributed by atoms with Gasteiger partial charge in [0.2, 0.25) is 0 Å². The van der Waals surface area contributed by atoms with Crippen LogP contribution in [-0.2, 0) is 4.74 Å². The summed E-state index contributed by atoms with van der Waals surface area (Å²) in [7, 11) is 2.05. The summed E-state index contributed by atoms with van der Waals surface area (Å²) in [6, 6.07) is 6.80. The van der Waals surface area contributed by atoms with Gasteiger partial charge in [0.15, 0.2) is 0 Å². The molecule has 1 atom stereocenters. The van der Waals surface area contributed by atoms with E-state index >= 15 is 0 Å². The lowest BCUT2D eigenvalue weighted by Crippen LogP contribution is -2.26. The molecule has 1 unspecified atom stereocenters. The summed E-state index contributed by atoms with van der Waals surface area (Å²) >= 11 is 0. The zero-order chi connectivity index (χ0) is 14.1. The van der Waals surface area contributed by atoms with Gasteiger partial charge in [-0.15, -0.1) is 0 Å². The molecule has 1 aromatic heterocycles. The van der Waals surface area contributed by atoms with Gasteiger partial charge in [0.05, 0.1) is 12.1 Å². The molecular formula is C16H19FN2O. The molecule has 1 aromatic carbocycles. The fourth-order valence-corrected chi connectivity index (χ4v) is 2.84. The van der Waals surface area contributed by atoms with Crippen LogP contribution in [0.4, 0.5) is 10.1 Å². The van der Waals surface area contributed by atoms with Crippen molar-refractivity contribution in [3.63, 3.8) is 0 Å². The monoisotopic (exact) mass is 274 g/mol. The van der Waals surface area contributed by atoms with E-state index in [0.717, 1.165) is 48.5 Å². The molecule has 0 spiro atoms. The van der Waals surface area contributed by atoms with E-state index in [1.165, 1.54) is 6.07 Å². The third-order valence-corrected chi connectivity index (χ3v) is 3.84. The third kappa shape index (κ3) is 2.61. The molecular weight excluding hydrogens is 255 g/mol. The SMILES string of the molecule is Cc1cc(N(C)CC2CCOC2)c2cc(F)ccc2n1. The standard InChI is InChI=1S/C16H19FN2O/c1-11-7-16(19(2)9-12-5-6-20-10-12)14-8-13(17)3-4-15(14)18-11/h3-4,7-8,12H,5-6,9-10H2,1-2H3. The van der Waals surface area contributed by atoms with Crippen molar-refractivity contribution in [3.05, 3.63) is 35.8 Å². The van der Waals surface area contributed by atoms with Crippen LogP contribution in [0.5, 0.6) is 0 Å². The normalized spacial score (nSPS) is 18.6. The van der Waals surface area contributed by atoms with E-state index in [1.54, 1.807) is 12.1 Å². The first-order chi connectivity index (χ1) is 9.63. The minimum Gasteiger partial charge on any atom is -0.381 e. The molecule has 0 saturated carbocycles. The first-order valence-electron chi connectivity index (χ1n) is 6.99. The summed E-state index contributed by atoms with van der Waals surface area (Å²) < 4.78 is 18.9. The second-order valence-corrected chi connectivity index (χ2v) is 5.55. The third-order valence-electron chi connectivity index (χ3n) is 3.84. The summed E-state index contributed by atoms with van der Waals surface area (Å²) in [5.74, 6) is 0.332. The van der Waals surface area contributed by atoms with E-state index in [4.69, 9.17) is 4.74 Å². The van der Waals surface area contributed by atoms with E-state index in [2.05, 4.69) is 16.9 Å². The minimum absolute atomic E-state index is 0.220. The molecule has 2 heterocycles. The van der Waals surface area contributed by atoms with E-state index in [-0.39, 0.29) is 5.82 Å². The van der Waals surface area contributed by atoms with Crippen LogP contribution in [0.1, 0.15) is 12.1 Å². The highest BCUT2D eigenvalue weighted by Crippen LogP contribution is 2.28. The Bertz CT molecular complexity index is 623. The lowest BCUT2D eigenvalue weighted by atomic mass is 10.1. The zero-order valence-electron chi connectivity index (χ0n) is 11.9. The molecule has 2 aromatic rings. The van der Waals surface area contributed by atoms with Gasteiger partial charge in [-0.2, -0.15) is 0 Å². The van der Waals surface area contributed by atoms with Gasteiger partial charge in [-0.1, -0.05) is 0 Å². The van der Waals surface area contributed by atoms with Crippen LogP contribution >= 0.6 is 0 Å². The molecule has 1 aliphatic heterocycles. The van der Waals surface area contributed by atoms with Crippen molar-refractivity contribution in [2.45, 2.75) is 13.3 Å². The van der Waals surface area contributed by atoms with Crippen molar-refractivity contribution in [2.24, 2.45) is 5.92 Å². The van der Waals surface area contributed by atoms with E-state index in [9.17, 15) is 4.39 Å². The number of hydrogen-bond donors (Lipinski definition) is 0. The van der Waals surface area contributed by atoms with Crippen molar-refractivity contribution in [1.82, 2.24) is 4.98 Å². The van der Waals surface area contributed by atoms with E-state index in [1.807, 2.05) is 13.0 Å². The number of fused-ring (bicyclic) bond motifs is 1. The highest BCUT2D eigenvalue weighted by Gasteiger charge is 2.19. The van der Waals surface area contributed by atoms with Crippen LogP contribution in [-0.4, -0.2) is 31.8 Å². The number of pyridine rings is 1. The van der Waals surface area contributed by atoms with Crippen LogP contribution in [0, 0.1) is 18.7 Å². The Morgan fingerprint density at radius 1 is 1.40 bits per heavy atom. The van der Waals surface area contributed by atoms with Crippen LogP contribution in [0.15, 0.2) is 24.3 Å². The van der Waals surface area contributed by atoms with E-state index < -0.39 is 0 Å². The van der Waals surface area contributed by atoms with Gasteiger partial charge in [0, 0.05) is 42.9 Å². The molecule has 4 heteroatoms.